The van der Waals surface area contributed by atoms with Crippen molar-refractivity contribution in [1.29, 1.82) is 0 Å². The van der Waals surface area contributed by atoms with Crippen LogP contribution in [0.25, 0.3) is 16.6 Å². The van der Waals surface area contributed by atoms with Crippen molar-refractivity contribution in [3.8, 4) is 5.75 Å². The van der Waals surface area contributed by atoms with Crippen LogP contribution in [0, 0.1) is 0 Å². The lowest BCUT2D eigenvalue weighted by Gasteiger charge is -2.19. The van der Waals surface area contributed by atoms with Gasteiger partial charge in [0.05, 0.1) is 24.6 Å². The van der Waals surface area contributed by atoms with Crippen molar-refractivity contribution >= 4 is 28.2 Å². The number of carbonyl (C=O) groups is 1. The van der Waals surface area contributed by atoms with E-state index in [0.717, 1.165) is 16.8 Å². The Morgan fingerprint density at radius 1 is 1.23 bits per heavy atom. The Balaban J connectivity index is 1.58. The number of methoxy groups -OCH3 is 1. The second kappa shape index (κ2) is 6.55. The summed E-state index contributed by atoms with van der Waals surface area (Å²) in [6, 6.07) is 15.0. The van der Waals surface area contributed by atoms with Crippen LogP contribution in [0.4, 0.5) is 5.69 Å². The van der Waals surface area contributed by atoms with Gasteiger partial charge in [-0.1, -0.05) is 12.1 Å². The molecule has 1 aliphatic rings. The number of carbonyl (C=O) groups excluding carboxylic acids is 1. The van der Waals surface area contributed by atoms with Crippen molar-refractivity contribution < 1.29 is 14.6 Å². The second-order valence-electron chi connectivity index (χ2n) is 6.20. The molecule has 1 amide bonds. The molecule has 0 unspecified atom stereocenters. The number of allylic oxidation sites excluding steroid dienone is 1. The number of aliphatic hydroxyl groups is 1. The van der Waals surface area contributed by atoms with Crippen LogP contribution < -0.4 is 10.1 Å². The summed E-state index contributed by atoms with van der Waals surface area (Å²) >= 11 is 0. The maximum absolute atomic E-state index is 12.5. The predicted molar refractivity (Wildman–Crippen MR) is 100 cm³/mol. The number of anilines is 1. The Labute approximate surface area is 150 Å². The van der Waals surface area contributed by atoms with E-state index >= 15 is 0 Å². The first-order chi connectivity index (χ1) is 12.7. The highest BCUT2D eigenvalue weighted by atomic mass is 16.5. The average Bonchev–Trinajstić information content (AvgIpc) is 3.03. The van der Waals surface area contributed by atoms with E-state index in [9.17, 15) is 9.90 Å². The lowest BCUT2D eigenvalue weighted by Crippen LogP contribution is -2.18. The Bertz CT molecular complexity index is 1000. The quantitative estimate of drug-likeness (QED) is 0.752. The van der Waals surface area contributed by atoms with Crippen LogP contribution in [0.3, 0.4) is 0 Å². The molecule has 0 spiro atoms. The van der Waals surface area contributed by atoms with Gasteiger partial charge in [0.15, 0.2) is 0 Å². The number of fused-ring (bicyclic) bond motifs is 3. The molecule has 2 N–H and O–H groups in total. The number of aromatic nitrogens is 2. The third-order valence-electron chi connectivity index (χ3n) is 4.56. The number of hydrogen-bond acceptors (Lipinski definition) is 4. The van der Waals surface area contributed by atoms with E-state index < -0.39 is 0 Å². The molecule has 0 bridgehead atoms. The van der Waals surface area contributed by atoms with Crippen LogP contribution in [0.2, 0.25) is 0 Å². The van der Waals surface area contributed by atoms with Crippen molar-refractivity contribution in [2.75, 3.05) is 12.4 Å². The van der Waals surface area contributed by atoms with Crippen molar-refractivity contribution in [2.45, 2.75) is 19.4 Å². The highest BCUT2D eigenvalue weighted by Crippen LogP contribution is 2.31. The lowest BCUT2D eigenvalue weighted by atomic mass is 10.0. The van der Waals surface area contributed by atoms with Gasteiger partial charge in [0.2, 0.25) is 5.91 Å². The molecule has 26 heavy (non-hydrogen) atoms. The van der Waals surface area contributed by atoms with E-state index in [4.69, 9.17) is 4.74 Å². The van der Waals surface area contributed by atoms with Crippen molar-refractivity contribution in [1.82, 2.24) is 9.55 Å². The third-order valence-corrected chi connectivity index (χ3v) is 4.56. The van der Waals surface area contributed by atoms with Gasteiger partial charge in [-0.05, 0) is 36.4 Å². The van der Waals surface area contributed by atoms with Gasteiger partial charge in [-0.3, -0.25) is 4.79 Å². The minimum atomic E-state index is -0.197. The Hall–Kier alpha value is -3.28. The number of ether oxygens (including phenoxy) is 1. The number of rotatable bonds is 4. The van der Waals surface area contributed by atoms with E-state index in [1.165, 1.54) is 0 Å². The van der Waals surface area contributed by atoms with Gasteiger partial charge >= 0.3 is 0 Å². The second-order valence-corrected chi connectivity index (χ2v) is 6.20. The normalized spacial score (nSPS) is 13.6. The van der Waals surface area contributed by atoms with Crippen molar-refractivity contribution in [3.05, 3.63) is 60.1 Å². The van der Waals surface area contributed by atoms with Crippen LogP contribution in [-0.4, -0.2) is 27.7 Å². The maximum atomic E-state index is 12.5. The molecule has 0 saturated heterocycles. The summed E-state index contributed by atoms with van der Waals surface area (Å²) in [4.78, 5) is 17.1. The number of nitrogens with zero attached hydrogens (tertiary/aromatic N) is 2. The number of aryl methyl sites for hydroxylation is 1. The number of imidazole rings is 1. The van der Waals surface area contributed by atoms with Gasteiger partial charge in [-0.2, -0.15) is 0 Å². The highest BCUT2D eigenvalue weighted by Gasteiger charge is 2.24. The summed E-state index contributed by atoms with van der Waals surface area (Å²) in [5, 5.41) is 13.2. The summed E-state index contributed by atoms with van der Waals surface area (Å²) < 4.78 is 7.17. The van der Waals surface area contributed by atoms with Gasteiger partial charge in [0.1, 0.15) is 17.3 Å². The molecule has 0 radical (unpaired) electrons. The number of hydrogen-bond donors (Lipinski definition) is 2. The smallest absolute Gasteiger partial charge is 0.229 e. The highest BCUT2D eigenvalue weighted by molar-refractivity contribution is 5.98. The van der Waals surface area contributed by atoms with E-state index in [1.54, 1.807) is 31.4 Å². The van der Waals surface area contributed by atoms with Crippen molar-refractivity contribution in [3.63, 3.8) is 0 Å². The summed E-state index contributed by atoms with van der Waals surface area (Å²) in [6.07, 6.45) is 0.569. The van der Waals surface area contributed by atoms with E-state index in [2.05, 4.69) is 14.9 Å². The van der Waals surface area contributed by atoms with Gasteiger partial charge in [0.25, 0.3) is 0 Å². The number of amides is 1. The molecule has 6 nitrogen and oxygen atoms in total. The minimum absolute atomic E-state index is 0.0706. The molecular formula is C20H19N3O3. The van der Waals surface area contributed by atoms with Gasteiger partial charge < -0.3 is 19.7 Å². The van der Waals surface area contributed by atoms with E-state index in [-0.39, 0.29) is 18.1 Å². The number of nitrogens with one attached hydrogen (secondary N) is 1. The van der Waals surface area contributed by atoms with Gasteiger partial charge in [-0.15, -0.1) is 0 Å². The zero-order chi connectivity index (χ0) is 18.1. The molecule has 2 heterocycles. The summed E-state index contributed by atoms with van der Waals surface area (Å²) in [5.74, 6) is 1.43. The zero-order valence-electron chi connectivity index (χ0n) is 14.4. The summed E-state index contributed by atoms with van der Waals surface area (Å²) in [7, 11) is 1.60. The SMILES string of the molecule is COc1ccc(NC(=O)CC2=C(O)CCn3c2nc2ccccc23)cc1. The average molecular weight is 349 g/mol. The van der Waals surface area contributed by atoms with Crippen LogP contribution in [0.5, 0.6) is 5.75 Å². The zero-order valence-corrected chi connectivity index (χ0v) is 14.4. The van der Waals surface area contributed by atoms with Crippen LogP contribution in [-0.2, 0) is 11.3 Å². The molecule has 2 aromatic carbocycles. The van der Waals surface area contributed by atoms with Gasteiger partial charge in [0, 0.05) is 24.2 Å². The Morgan fingerprint density at radius 2 is 2.00 bits per heavy atom. The molecule has 4 rings (SSSR count). The minimum Gasteiger partial charge on any atom is -0.512 e. The van der Waals surface area contributed by atoms with Crippen molar-refractivity contribution in [2.24, 2.45) is 0 Å². The predicted octanol–water partition coefficient (Wildman–Crippen LogP) is 3.75. The van der Waals surface area contributed by atoms with E-state index in [1.807, 2.05) is 24.3 Å². The molecule has 1 aromatic heterocycles. The van der Waals surface area contributed by atoms with Crippen LogP contribution in [0.1, 0.15) is 18.7 Å². The largest absolute Gasteiger partial charge is 0.512 e. The lowest BCUT2D eigenvalue weighted by molar-refractivity contribution is -0.115. The molecule has 0 fully saturated rings. The maximum Gasteiger partial charge on any atom is 0.229 e. The molecule has 1 aliphatic heterocycles. The topological polar surface area (TPSA) is 76.4 Å². The Kier molecular flexibility index (Phi) is 4.08. The molecule has 132 valence electrons. The number of aliphatic hydroxyl groups excluding tert-OH is 1. The third kappa shape index (κ3) is 2.90. The first-order valence-electron chi connectivity index (χ1n) is 8.46. The summed E-state index contributed by atoms with van der Waals surface area (Å²) in [5.41, 5.74) is 3.15. The first-order valence-corrected chi connectivity index (χ1v) is 8.46. The molecular weight excluding hydrogens is 330 g/mol. The fraction of sp³-hybridized carbons (Fsp3) is 0.200. The molecule has 3 aromatic rings. The molecule has 6 heteroatoms. The van der Waals surface area contributed by atoms with Crippen LogP contribution in [0.15, 0.2) is 54.3 Å². The van der Waals surface area contributed by atoms with Gasteiger partial charge in [-0.25, -0.2) is 4.98 Å². The standard InChI is InChI=1S/C20H19N3O3/c1-26-14-8-6-13(7-9-14)21-19(25)12-15-18(24)10-11-23-17-5-3-2-4-16(17)22-20(15)23/h2-9,24H,10-12H2,1H3,(H,21,25). The first kappa shape index (κ1) is 16.2. The fourth-order valence-electron chi connectivity index (χ4n) is 3.25. The van der Waals surface area contributed by atoms with Crippen LogP contribution >= 0.6 is 0 Å². The monoisotopic (exact) mass is 349 g/mol. The molecule has 0 atom stereocenters. The fourth-order valence-corrected chi connectivity index (χ4v) is 3.25. The Morgan fingerprint density at radius 3 is 2.77 bits per heavy atom. The number of para-hydroxylation sites is 2. The molecule has 0 saturated carbocycles. The number of benzene rings is 2. The summed E-state index contributed by atoms with van der Waals surface area (Å²) in [6.45, 7) is 0.658. The molecule has 0 aliphatic carbocycles. The van der Waals surface area contributed by atoms with E-state index in [0.29, 0.717) is 30.1 Å².